The van der Waals surface area contributed by atoms with E-state index in [4.69, 9.17) is 0 Å². The first kappa shape index (κ1) is 16.2. The zero-order valence-corrected chi connectivity index (χ0v) is 14.4. The molecule has 1 aliphatic carbocycles. The normalized spacial score (nSPS) is 18.7. The van der Waals surface area contributed by atoms with Crippen molar-refractivity contribution in [2.45, 2.75) is 32.6 Å². The summed E-state index contributed by atoms with van der Waals surface area (Å²) in [5.41, 5.74) is 0. The summed E-state index contributed by atoms with van der Waals surface area (Å²) in [6, 6.07) is -0.0287. The molecule has 0 aromatic carbocycles. The van der Waals surface area contributed by atoms with Crippen molar-refractivity contribution in [3.05, 3.63) is 16.1 Å². The largest absolute Gasteiger partial charge is 0.341 e. The molecule has 1 aromatic heterocycles. The Morgan fingerprint density at radius 1 is 1.26 bits per heavy atom. The summed E-state index contributed by atoms with van der Waals surface area (Å²) < 4.78 is 0. The Bertz CT molecular complexity index is 570. The third-order valence-electron chi connectivity index (χ3n) is 4.31. The van der Waals surface area contributed by atoms with Crippen molar-refractivity contribution in [2.75, 3.05) is 32.7 Å². The van der Waals surface area contributed by atoms with Crippen LogP contribution in [0.5, 0.6) is 0 Å². The highest BCUT2D eigenvalue weighted by Crippen LogP contribution is 2.31. The fourth-order valence-corrected chi connectivity index (χ4v) is 3.62. The highest BCUT2D eigenvalue weighted by molar-refractivity contribution is 7.11. The van der Waals surface area contributed by atoms with Gasteiger partial charge in [0.1, 0.15) is 0 Å². The Morgan fingerprint density at radius 3 is 2.70 bits per heavy atom. The van der Waals surface area contributed by atoms with Crippen molar-refractivity contribution in [3.63, 3.8) is 0 Å². The molecule has 2 aliphatic rings. The molecule has 23 heavy (non-hydrogen) atoms. The standard InChI is InChI=1S/C16H24N4O2S/c1-12-11-18-14(23-12)5-6-17-16(22)20-8-2-7-19(9-10-20)15(21)13-3-4-13/h11,13H,2-10H2,1H3,(H,17,22). The number of thiazole rings is 1. The van der Waals surface area contributed by atoms with Gasteiger partial charge in [0, 0.05) is 56.1 Å². The van der Waals surface area contributed by atoms with Crippen LogP contribution in [-0.2, 0) is 11.2 Å². The molecule has 2 fully saturated rings. The number of nitrogens with one attached hydrogen (secondary N) is 1. The minimum absolute atomic E-state index is 0.0287. The van der Waals surface area contributed by atoms with Gasteiger partial charge in [0.05, 0.1) is 5.01 Å². The van der Waals surface area contributed by atoms with E-state index in [1.807, 2.05) is 22.9 Å². The lowest BCUT2D eigenvalue weighted by Gasteiger charge is -2.22. The van der Waals surface area contributed by atoms with Gasteiger partial charge in [-0.05, 0) is 26.2 Å². The molecule has 7 heteroatoms. The topological polar surface area (TPSA) is 65.5 Å². The van der Waals surface area contributed by atoms with Crippen LogP contribution in [-0.4, -0.2) is 59.4 Å². The minimum Gasteiger partial charge on any atom is -0.341 e. The Labute approximate surface area is 140 Å². The van der Waals surface area contributed by atoms with Gasteiger partial charge in [-0.2, -0.15) is 0 Å². The number of aromatic nitrogens is 1. The first-order valence-electron chi connectivity index (χ1n) is 8.36. The second-order valence-electron chi connectivity index (χ2n) is 6.29. The zero-order valence-electron chi connectivity index (χ0n) is 13.6. The fraction of sp³-hybridized carbons (Fsp3) is 0.688. The Balaban J connectivity index is 1.41. The van der Waals surface area contributed by atoms with Crippen LogP contribution in [0.15, 0.2) is 6.20 Å². The molecule has 1 saturated carbocycles. The molecule has 0 spiro atoms. The van der Waals surface area contributed by atoms with Gasteiger partial charge in [0.2, 0.25) is 5.91 Å². The lowest BCUT2D eigenvalue weighted by atomic mass is 10.3. The number of amides is 3. The smallest absolute Gasteiger partial charge is 0.317 e. The molecule has 6 nitrogen and oxygen atoms in total. The predicted octanol–water partition coefficient (Wildman–Crippen LogP) is 1.65. The van der Waals surface area contributed by atoms with Crippen molar-refractivity contribution in [1.82, 2.24) is 20.1 Å². The summed E-state index contributed by atoms with van der Waals surface area (Å²) in [4.78, 5) is 33.6. The van der Waals surface area contributed by atoms with Gasteiger partial charge in [-0.15, -0.1) is 11.3 Å². The number of aryl methyl sites for hydroxylation is 1. The molecular formula is C16H24N4O2S. The molecule has 0 bridgehead atoms. The molecule has 0 unspecified atom stereocenters. The maximum atomic E-state index is 12.3. The van der Waals surface area contributed by atoms with E-state index in [1.165, 1.54) is 4.88 Å². The van der Waals surface area contributed by atoms with Gasteiger partial charge in [0.15, 0.2) is 0 Å². The predicted molar refractivity (Wildman–Crippen MR) is 89.4 cm³/mol. The summed E-state index contributed by atoms with van der Waals surface area (Å²) in [6.07, 6.45) is 5.57. The van der Waals surface area contributed by atoms with E-state index in [0.29, 0.717) is 19.6 Å². The van der Waals surface area contributed by atoms with Gasteiger partial charge >= 0.3 is 6.03 Å². The van der Waals surface area contributed by atoms with Crippen LogP contribution < -0.4 is 5.32 Å². The minimum atomic E-state index is -0.0287. The fourth-order valence-electron chi connectivity index (χ4n) is 2.83. The summed E-state index contributed by atoms with van der Waals surface area (Å²) >= 11 is 1.67. The van der Waals surface area contributed by atoms with Crippen LogP contribution in [0.1, 0.15) is 29.1 Å². The molecule has 0 radical (unpaired) electrons. The number of carbonyl (C=O) groups excluding carboxylic acids is 2. The number of rotatable bonds is 4. The monoisotopic (exact) mass is 336 g/mol. The van der Waals surface area contributed by atoms with Gasteiger partial charge in [-0.3, -0.25) is 4.79 Å². The molecule has 1 N–H and O–H groups in total. The molecular weight excluding hydrogens is 312 g/mol. The van der Waals surface area contributed by atoms with Gasteiger partial charge < -0.3 is 15.1 Å². The summed E-state index contributed by atoms with van der Waals surface area (Å²) in [7, 11) is 0. The number of urea groups is 1. The Morgan fingerprint density at radius 2 is 2.00 bits per heavy atom. The second-order valence-corrected chi connectivity index (χ2v) is 7.61. The molecule has 1 saturated heterocycles. The zero-order chi connectivity index (χ0) is 16.2. The third kappa shape index (κ3) is 4.43. The molecule has 1 aromatic rings. The Kier molecular flexibility index (Phi) is 5.15. The average Bonchev–Trinajstić information content (AvgIpc) is 3.33. The van der Waals surface area contributed by atoms with E-state index < -0.39 is 0 Å². The molecule has 1 aliphatic heterocycles. The van der Waals surface area contributed by atoms with Crippen LogP contribution in [0.25, 0.3) is 0 Å². The quantitative estimate of drug-likeness (QED) is 0.909. The Hall–Kier alpha value is -1.63. The SMILES string of the molecule is Cc1cnc(CCNC(=O)N2CCCN(C(=O)C3CC3)CC2)s1. The second kappa shape index (κ2) is 7.29. The van der Waals surface area contributed by atoms with Crippen molar-refractivity contribution >= 4 is 23.3 Å². The van der Waals surface area contributed by atoms with E-state index in [-0.39, 0.29) is 17.9 Å². The lowest BCUT2D eigenvalue weighted by molar-refractivity contribution is -0.132. The maximum absolute atomic E-state index is 12.3. The van der Waals surface area contributed by atoms with Crippen molar-refractivity contribution in [1.29, 1.82) is 0 Å². The molecule has 0 atom stereocenters. The van der Waals surface area contributed by atoms with Gasteiger partial charge in [-0.1, -0.05) is 0 Å². The molecule has 3 amide bonds. The van der Waals surface area contributed by atoms with Crippen LogP contribution >= 0.6 is 11.3 Å². The van der Waals surface area contributed by atoms with Crippen LogP contribution in [0.2, 0.25) is 0 Å². The lowest BCUT2D eigenvalue weighted by Crippen LogP contribution is -2.43. The first-order chi connectivity index (χ1) is 11.1. The van der Waals surface area contributed by atoms with Crippen LogP contribution in [0.4, 0.5) is 4.79 Å². The van der Waals surface area contributed by atoms with Crippen molar-refractivity contribution < 1.29 is 9.59 Å². The van der Waals surface area contributed by atoms with Crippen LogP contribution in [0, 0.1) is 12.8 Å². The van der Waals surface area contributed by atoms with E-state index in [2.05, 4.69) is 10.3 Å². The third-order valence-corrected chi connectivity index (χ3v) is 5.28. The van der Waals surface area contributed by atoms with E-state index in [1.54, 1.807) is 11.3 Å². The number of carbonyl (C=O) groups is 2. The van der Waals surface area contributed by atoms with Crippen molar-refractivity contribution in [3.8, 4) is 0 Å². The highest BCUT2D eigenvalue weighted by Gasteiger charge is 2.34. The summed E-state index contributed by atoms with van der Waals surface area (Å²) in [5.74, 6) is 0.545. The molecule has 3 rings (SSSR count). The maximum Gasteiger partial charge on any atom is 0.317 e. The number of nitrogens with zero attached hydrogens (tertiary/aromatic N) is 3. The summed E-state index contributed by atoms with van der Waals surface area (Å²) in [6.45, 7) is 5.42. The van der Waals surface area contributed by atoms with Crippen LogP contribution in [0.3, 0.4) is 0 Å². The average molecular weight is 336 g/mol. The first-order valence-corrected chi connectivity index (χ1v) is 9.18. The molecule has 126 valence electrons. The van der Waals surface area contributed by atoms with Gasteiger partial charge in [-0.25, -0.2) is 9.78 Å². The van der Waals surface area contributed by atoms with E-state index in [0.717, 1.165) is 43.8 Å². The van der Waals surface area contributed by atoms with Crippen molar-refractivity contribution in [2.24, 2.45) is 5.92 Å². The highest BCUT2D eigenvalue weighted by atomic mass is 32.1. The van der Waals surface area contributed by atoms with Gasteiger partial charge in [0.25, 0.3) is 0 Å². The summed E-state index contributed by atoms with van der Waals surface area (Å²) in [5, 5.41) is 4.02. The number of hydrogen-bond acceptors (Lipinski definition) is 4. The molecule has 2 heterocycles. The van der Waals surface area contributed by atoms with E-state index >= 15 is 0 Å². The van der Waals surface area contributed by atoms with E-state index in [9.17, 15) is 9.59 Å². The number of hydrogen-bond donors (Lipinski definition) is 1.